The van der Waals surface area contributed by atoms with Gasteiger partial charge in [-0.15, -0.1) is 0 Å². The van der Waals surface area contributed by atoms with Gasteiger partial charge in [0.2, 0.25) is 11.8 Å². The van der Waals surface area contributed by atoms with E-state index in [-0.39, 0.29) is 29.1 Å². The summed E-state index contributed by atoms with van der Waals surface area (Å²) >= 11 is 0. The van der Waals surface area contributed by atoms with Gasteiger partial charge in [-0.1, -0.05) is 13.8 Å². The fourth-order valence-corrected chi connectivity index (χ4v) is 3.73. The van der Waals surface area contributed by atoms with Crippen LogP contribution >= 0.6 is 0 Å². The number of rotatable bonds is 6. The van der Waals surface area contributed by atoms with Crippen LogP contribution in [0.2, 0.25) is 0 Å². The molecule has 0 spiro atoms. The van der Waals surface area contributed by atoms with E-state index in [1.54, 1.807) is 11.9 Å². The van der Waals surface area contributed by atoms with Crippen LogP contribution in [-0.2, 0) is 14.4 Å². The second-order valence-corrected chi connectivity index (χ2v) is 8.65. The number of piperidine rings is 1. The first kappa shape index (κ1) is 21.3. The molecule has 152 valence electrons. The van der Waals surface area contributed by atoms with Crippen LogP contribution < -0.4 is 5.32 Å². The van der Waals surface area contributed by atoms with Crippen LogP contribution in [0, 0.1) is 11.3 Å². The maximum atomic E-state index is 12.6. The number of hydrazone groups is 1. The van der Waals surface area contributed by atoms with Crippen LogP contribution in [0.3, 0.4) is 0 Å². The predicted molar refractivity (Wildman–Crippen MR) is 104 cm³/mol. The van der Waals surface area contributed by atoms with E-state index in [0.717, 1.165) is 6.54 Å². The number of hydrogen-bond acceptors (Lipinski definition) is 5. The van der Waals surface area contributed by atoms with E-state index in [2.05, 4.69) is 29.2 Å². The van der Waals surface area contributed by atoms with Crippen LogP contribution in [0.25, 0.3) is 0 Å². The third-order valence-electron chi connectivity index (χ3n) is 5.09. The van der Waals surface area contributed by atoms with Gasteiger partial charge in [-0.05, 0) is 32.4 Å². The Balaban J connectivity index is 1.81. The van der Waals surface area contributed by atoms with Crippen molar-refractivity contribution in [2.75, 3.05) is 47.3 Å². The van der Waals surface area contributed by atoms with Gasteiger partial charge < -0.3 is 15.1 Å². The van der Waals surface area contributed by atoms with E-state index >= 15 is 0 Å². The zero-order chi connectivity index (χ0) is 20.2. The molecule has 0 aromatic rings. The van der Waals surface area contributed by atoms with E-state index in [0.29, 0.717) is 51.0 Å². The van der Waals surface area contributed by atoms with Gasteiger partial charge in [-0.2, -0.15) is 5.10 Å². The molecule has 2 rings (SSSR count). The lowest BCUT2D eigenvalue weighted by molar-refractivity contribution is -0.132. The SMILES string of the molecule is CN(C)CC(C)(C)CNC(=O)C1CCN(C(=O)C2=NN(C)C(=O)CC2)CC1. The molecule has 0 bridgehead atoms. The van der Waals surface area contributed by atoms with Crippen molar-refractivity contribution in [3.63, 3.8) is 0 Å². The van der Waals surface area contributed by atoms with E-state index < -0.39 is 0 Å². The van der Waals surface area contributed by atoms with Crippen molar-refractivity contribution >= 4 is 23.4 Å². The highest BCUT2D eigenvalue weighted by molar-refractivity contribution is 6.39. The molecule has 2 aliphatic heterocycles. The first-order valence-electron chi connectivity index (χ1n) is 9.65. The molecule has 1 saturated heterocycles. The van der Waals surface area contributed by atoms with Gasteiger partial charge in [-0.25, -0.2) is 5.01 Å². The third-order valence-corrected chi connectivity index (χ3v) is 5.09. The van der Waals surface area contributed by atoms with Crippen molar-refractivity contribution < 1.29 is 14.4 Å². The molecular weight excluding hydrogens is 346 g/mol. The summed E-state index contributed by atoms with van der Waals surface area (Å²) in [6.45, 7) is 6.92. The number of nitrogens with zero attached hydrogens (tertiary/aromatic N) is 4. The molecule has 0 atom stereocenters. The smallest absolute Gasteiger partial charge is 0.270 e. The molecule has 27 heavy (non-hydrogen) atoms. The highest BCUT2D eigenvalue weighted by atomic mass is 16.2. The van der Waals surface area contributed by atoms with Crippen molar-refractivity contribution in [2.24, 2.45) is 16.4 Å². The van der Waals surface area contributed by atoms with Crippen LogP contribution in [0.5, 0.6) is 0 Å². The summed E-state index contributed by atoms with van der Waals surface area (Å²) in [7, 11) is 5.63. The Bertz CT molecular complexity index is 606. The minimum absolute atomic E-state index is 0.0123. The number of amides is 3. The zero-order valence-electron chi connectivity index (χ0n) is 17.2. The first-order chi connectivity index (χ1) is 12.6. The molecule has 1 fully saturated rings. The van der Waals surface area contributed by atoms with Crippen molar-refractivity contribution in [2.45, 2.75) is 39.5 Å². The average molecular weight is 380 g/mol. The van der Waals surface area contributed by atoms with Gasteiger partial charge in [0.15, 0.2) is 0 Å². The Morgan fingerprint density at radius 3 is 2.41 bits per heavy atom. The van der Waals surface area contributed by atoms with E-state index in [4.69, 9.17) is 0 Å². The number of nitrogens with one attached hydrogen (secondary N) is 1. The number of likely N-dealkylation sites (tertiary alicyclic amines) is 1. The van der Waals surface area contributed by atoms with Gasteiger partial charge in [-0.3, -0.25) is 14.4 Å². The molecule has 2 heterocycles. The lowest BCUT2D eigenvalue weighted by atomic mass is 9.91. The van der Waals surface area contributed by atoms with Gasteiger partial charge in [0.25, 0.3) is 5.91 Å². The summed E-state index contributed by atoms with van der Waals surface area (Å²) in [5, 5.41) is 8.42. The Morgan fingerprint density at radius 2 is 1.85 bits per heavy atom. The highest BCUT2D eigenvalue weighted by Gasteiger charge is 2.31. The topological polar surface area (TPSA) is 85.3 Å². The van der Waals surface area contributed by atoms with E-state index in [9.17, 15) is 14.4 Å². The van der Waals surface area contributed by atoms with Crippen LogP contribution in [0.15, 0.2) is 5.10 Å². The summed E-state index contributed by atoms with van der Waals surface area (Å²) in [6, 6.07) is 0. The highest BCUT2D eigenvalue weighted by Crippen LogP contribution is 2.20. The van der Waals surface area contributed by atoms with Crippen molar-refractivity contribution in [1.82, 2.24) is 20.1 Å². The molecule has 8 heteroatoms. The van der Waals surface area contributed by atoms with Gasteiger partial charge in [0.05, 0.1) is 0 Å². The van der Waals surface area contributed by atoms with Crippen molar-refractivity contribution in [3.05, 3.63) is 0 Å². The minimum Gasteiger partial charge on any atom is -0.355 e. The lowest BCUT2D eigenvalue weighted by Gasteiger charge is -2.33. The molecule has 3 amide bonds. The molecule has 0 saturated carbocycles. The molecule has 8 nitrogen and oxygen atoms in total. The second-order valence-electron chi connectivity index (χ2n) is 8.65. The molecule has 0 aliphatic carbocycles. The Hall–Kier alpha value is -1.96. The maximum absolute atomic E-state index is 12.6. The quantitative estimate of drug-likeness (QED) is 0.730. The summed E-state index contributed by atoms with van der Waals surface area (Å²) in [4.78, 5) is 40.5. The van der Waals surface area contributed by atoms with Crippen LogP contribution in [0.1, 0.15) is 39.5 Å². The molecule has 2 aliphatic rings. The fourth-order valence-electron chi connectivity index (χ4n) is 3.73. The van der Waals surface area contributed by atoms with Crippen molar-refractivity contribution in [3.8, 4) is 0 Å². The number of carbonyl (C=O) groups is 3. The van der Waals surface area contributed by atoms with Crippen LogP contribution in [0.4, 0.5) is 0 Å². The van der Waals surface area contributed by atoms with E-state index in [1.807, 2.05) is 14.1 Å². The van der Waals surface area contributed by atoms with Gasteiger partial charge >= 0.3 is 0 Å². The Labute approximate surface area is 161 Å². The lowest BCUT2D eigenvalue weighted by Crippen LogP contribution is -2.48. The summed E-state index contributed by atoms with van der Waals surface area (Å²) < 4.78 is 0. The summed E-state index contributed by atoms with van der Waals surface area (Å²) in [6.07, 6.45) is 2.04. The standard InChI is InChI=1S/C19H33N5O3/c1-19(2,13-22(3)4)12-20-17(26)14-8-10-24(11-9-14)18(27)15-6-7-16(25)23(5)21-15/h14H,6-13H2,1-5H3,(H,20,26). The fraction of sp³-hybridized carbons (Fsp3) is 0.789. The average Bonchev–Trinajstić information content (AvgIpc) is 2.60. The molecule has 1 N–H and O–H groups in total. The first-order valence-corrected chi connectivity index (χ1v) is 9.65. The summed E-state index contributed by atoms with van der Waals surface area (Å²) in [5.41, 5.74) is 0.448. The molecule has 0 aromatic heterocycles. The van der Waals surface area contributed by atoms with Crippen molar-refractivity contribution in [1.29, 1.82) is 0 Å². The summed E-state index contributed by atoms with van der Waals surface area (Å²) in [5.74, 6) is -0.157. The predicted octanol–water partition coefficient (Wildman–Crippen LogP) is 0.537. The zero-order valence-corrected chi connectivity index (χ0v) is 17.2. The largest absolute Gasteiger partial charge is 0.355 e. The molecular formula is C19H33N5O3. The number of hydrogen-bond donors (Lipinski definition) is 1. The van der Waals surface area contributed by atoms with Gasteiger partial charge in [0.1, 0.15) is 5.71 Å². The molecule has 0 aromatic carbocycles. The number of carbonyl (C=O) groups excluding carboxylic acids is 3. The monoisotopic (exact) mass is 379 g/mol. The molecule has 0 unspecified atom stereocenters. The van der Waals surface area contributed by atoms with E-state index in [1.165, 1.54) is 5.01 Å². The minimum atomic E-state index is -0.111. The third kappa shape index (κ3) is 6.02. The normalized spacial score (nSPS) is 19.3. The molecule has 0 radical (unpaired) electrons. The second kappa shape index (κ2) is 8.82. The van der Waals surface area contributed by atoms with Gasteiger partial charge in [0, 0.05) is 52.0 Å². The Kier molecular flexibility index (Phi) is 6.97. The Morgan fingerprint density at radius 1 is 1.22 bits per heavy atom. The maximum Gasteiger partial charge on any atom is 0.270 e. The van der Waals surface area contributed by atoms with Crippen LogP contribution in [-0.4, -0.2) is 85.6 Å².